The molecule has 0 unspecified atom stereocenters. The SMILES string of the molecule is O=C(OCc1nnnn1-c1ccccc1)c1ccc(C(F)(F)F)cc1. The Labute approximate surface area is 139 Å². The molecular weight excluding hydrogens is 337 g/mol. The summed E-state index contributed by atoms with van der Waals surface area (Å²) in [7, 11) is 0. The van der Waals surface area contributed by atoms with E-state index in [2.05, 4.69) is 15.5 Å². The molecular formula is C16H11F3N4O2. The number of halogens is 3. The molecule has 3 rings (SSSR count). The van der Waals surface area contributed by atoms with Gasteiger partial charge in [0.05, 0.1) is 16.8 Å². The van der Waals surface area contributed by atoms with E-state index in [0.29, 0.717) is 5.69 Å². The molecule has 0 atom stereocenters. The highest BCUT2D eigenvalue weighted by Crippen LogP contribution is 2.29. The highest BCUT2D eigenvalue weighted by atomic mass is 19.4. The summed E-state index contributed by atoms with van der Waals surface area (Å²) in [6.07, 6.45) is -4.46. The van der Waals surface area contributed by atoms with Crippen LogP contribution in [0.1, 0.15) is 21.7 Å². The first-order valence-corrected chi connectivity index (χ1v) is 7.12. The van der Waals surface area contributed by atoms with Crippen molar-refractivity contribution in [1.29, 1.82) is 0 Å². The molecule has 9 heteroatoms. The zero-order valence-electron chi connectivity index (χ0n) is 12.6. The molecule has 1 aromatic heterocycles. The van der Waals surface area contributed by atoms with Crippen LogP contribution in [0.25, 0.3) is 5.69 Å². The molecule has 0 saturated heterocycles. The standard InChI is InChI=1S/C16H11F3N4O2/c17-16(18,19)12-8-6-11(7-9-12)15(24)25-10-14-20-21-22-23(14)13-4-2-1-3-5-13/h1-9H,10H2. The quantitative estimate of drug-likeness (QED) is 0.678. The van der Waals surface area contributed by atoms with Crippen LogP contribution in [0.4, 0.5) is 13.2 Å². The average molecular weight is 348 g/mol. The third-order valence-electron chi connectivity index (χ3n) is 3.32. The lowest BCUT2D eigenvalue weighted by Gasteiger charge is -2.08. The minimum atomic E-state index is -4.46. The third-order valence-corrected chi connectivity index (χ3v) is 3.32. The first-order chi connectivity index (χ1) is 11.9. The van der Waals surface area contributed by atoms with Gasteiger partial charge in [-0.3, -0.25) is 0 Å². The van der Waals surface area contributed by atoms with Gasteiger partial charge in [-0.15, -0.1) is 5.10 Å². The molecule has 0 aliphatic carbocycles. The summed E-state index contributed by atoms with van der Waals surface area (Å²) in [5.74, 6) is -0.484. The molecule has 25 heavy (non-hydrogen) atoms. The number of hydrogen-bond acceptors (Lipinski definition) is 5. The smallest absolute Gasteiger partial charge is 0.416 e. The largest absolute Gasteiger partial charge is 0.454 e. The Morgan fingerprint density at radius 2 is 1.72 bits per heavy atom. The first-order valence-electron chi connectivity index (χ1n) is 7.12. The molecule has 0 N–H and O–H groups in total. The van der Waals surface area contributed by atoms with E-state index >= 15 is 0 Å². The van der Waals surface area contributed by atoms with Gasteiger partial charge in [0.15, 0.2) is 12.4 Å². The van der Waals surface area contributed by atoms with Gasteiger partial charge in [-0.25, -0.2) is 4.79 Å². The van der Waals surface area contributed by atoms with Gasteiger partial charge < -0.3 is 4.74 Å². The van der Waals surface area contributed by atoms with Crippen LogP contribution >= 0.6 is 0 Å². The summed E-state index contributed by atoms with van der Waals surface area (Å²) in [5.41, 5.74) is -0.142. The van der Waals surface area contributed by atoms with E-state index in [9.17, 15) is 18.0 Å². The predicted octanol–water partition coefficient (Wildman–Crippen LogP) is 3.04. The lowest BCUT2D eigenvalue weighted by Crippen LogP contribution is -2.11. The number of tetrazole rings is 1. The van der Waals surface area contributed by atoms with E-state index in [1.165, 1.54) is 4.68 Å². The van der Waals surface area contributed by atoms with Crippen molar-refractivity contribution in [3.05, 3.63) is 71.5 Å². The summed E-state index contributed by atoms with van der Waals surface area (Å²) in [4.78, 5) is 12.0. The summed E-state index contributed by atoms with van der Waals surface area (Å²) in [6, 6.07) is 12.8. The molecule has 0 bridgehead atoms. The summed E-state index contributed by atoms with van der Waals surface area (Å²) in [6.45, 7) is -0.220. The Kier molecular flexibility index (Phi) is 4.46. The number of benzene rings is 2. The fraction of sp³-hybridized carbons (Fsp3) is 0.125. The van der Waals surface area contributed by atoms with Crippen LogP contribution in [0.2, 0.25) is 0 Å². The van der Waals surface area contributed by atoms with Crippen LogP contribution in [-0.4, -0.2) is 26.2 Å². The Bertz CT molecular complexity index is 861. The van der Waals surface area contributed by atoms with Crippen molar-refractivity contribution in [3.8, 4) is 5.69 Å². The molecule has 0 saturated carbocycles. The van der Waals surface area contributed by atoms with Gasteiger partial charge in [-0.1, -0.05) is 18.2 Å². The van der Waals surface area contributed by atoms with Gasteiger partial charge in [0.1, 0.15) is 0 Å². The van der Waals surface area contributed by atoms with E-state index in [4.69, 9.17) is 4.74 Å². The molecule has 0 amide bonds. The number of rotatable bonds is 4. The highest BCUT2D eigenvalue weighted by molar-refractivity contribution is 5.89. The van der Waals surface area contributed by atoms with Gasteiger partial charge in [0, 0.05) is 0 Å². The van der Waals surface area contributed by atoms with Crippen LogP contribution in [-0.2, 0) is 17.5 Å². The third kappa shape index (κ3) is 3.82. The van der Waals surface area contributed by atoms with Crippen molar-refractivity contribution in [2.75, 3.05) is 0 Å². The van der Waals surface area contributed by atoms with E-state index in [-0.39, 0.29) is 18.0 Å². The second-order valence-corrected chi connectivity index (χ2v) is 4.99. The zero-order valence-corrected chi connectivity index (χ0v) is 12.6. The molecule has 0 fully saturated rings. The van der Waals surface area contributed by atoms with Crippen molar-refractivity contribution < 1.29 is 22.7 Å². The van der Waals surface area contributed by atoms with Gasteiger partial charge in [0.2, 0.25) is 0 Å². The monoisotopic (exact) mass is 348 g/mol. The van der Waals surface area contributed by atoms with Crippen LogP contribution in [0, 0.1) is 0 Å². The minimum absolute atomic E-state index is 0.00624. The van der Waals surface area contributed by atoms with Crippen molar-refractivity contribution in [1.82, 2.24) is 20.2 Å². The van der Waals surface area contributed by atoms with Crippen LogP contribution in [0.5, 0.6) is 0 Å². The fourth-order valence-corrected chi connectivity index (χ4v) is 2.07. The van der Waals surface area contributed by atoms with Gasteiger partial charge in [-0.2, -0.15) is 17.9 Å². The zero-order chi connectivity index (χ0) is 17.9. The molecule has 6 nitrogen and oxygen atoms in total. The maximum atomic E-state index is 12.5. The molecule has 3 aromatic rings. The number of para-hydroxylation sites is 1. The number of nitrogens with zero attached hydrogens (tertiary/aromatic N) is 4. The fourth-order valence-electron chi connectivity index (χ4n) is 2.07. The second-order valence-electron chi connectivity index (χ2n) is 4.99. The van der Waals surface area contributed by atoms with Gasteiger partial charge >= 0.3 is 12.1 Å². The first kappa shape index (κ1) is 16.6. The molecule has 0 aliphatic heterocycles. The van der Waals surface area contributed by atoms with Crippen molar-refractivity contribution in [2.24, 2.45) is 0 Å². The number of esters is 1. The van der Waals surface area contributed by atoms with E-state index in [0.717, 1.165) is 24.3 Å². The van der Waals surface area contributed by atoms with Crippen LogP contribution in [0.15, 0.2) is 54.6 Å². The van der Waals surface area contributed by atoms with Crippen molar-refractivity contribution >= 4 is 5.97 Å². The molecule has 0 radical (unpaired) electrons. The topological polar surface area (TPSA) is 69.9 Å². The number of carbonyl (C=O) groups excluding carboxylic acids is 1. The maximum Gasteiger partial charge on any atom is 0.416 e. The molecule has 0 aliphatic rings. The van der Waals surface area contributed by atoms with Gasteiger partial charge in [0.25, 0.3) is 0 Å². The average Bonchev–Trinajstić information content (AvgIpc) is 3.08. The predicted molar refractivity (Wildman–Crippen MR) is 79.7 cm³/mol. The molecule has 128 valence electrons. The van der Waals surface area contributed by atoms with Crippen LogP contribution in [0.3, 0.4) is 0 Å². The summed E-state index contributed by atoms with van der Waals surface area (Å²) < 4.78 is 44.0. The Balaban J connectivity index is 1.69. The van der Waals surface area contributed by atoms with Gasteiger partial charge in [-0.05, 0) is 46.8 Å². The lowest BCUT2D eigenvalue weighted by atomic mass is 10.1. The molecule has 0 spiro atoms. The Morgan fingerprint density at radius 3 is 2.36 bits per heavy atom. The summed E-state index contributed by atoms with van der Waals surface area (Å²) in [5, 5.41) is 11.1. The van der Waals surface area contributed by atoms with E-state index < -0.39 is 17.7 Å². The maximum absolute atomic E-state index is 12.5. The van der Waals surface area contributed by atoms with Crippen LogP contribution < -0.4 is 0 Å². The number of alkyl halides is 3. The van der Waals surface area contributed by atoms with Crippen molar-refractivity contribution in [3.63, 3.8) is 0 Å². The Hall–Kier alpha value is -3.23. The number of ether oxygens (including phenoxy) is 1. The minimum Gasteiger partial charge on any atom is -0.454 e. The second kappa shape index (κ2) is 6.71. The van der Waals surface area contributed by atoms with Crippen molar-refractivity contribution in [2.45, 2.75) is 12.8 Å². The lowest BCUT2D eigenvalue weighted by molar-refractivity contribution is -0.137. The summed E-state index contributed by atoms with van der Waals surface area (Å²) >= 11 is 0. The number of carbonyl (C=O) groups is 1. The van der Waals surface area contributed by atoms with E-state index in [1.807, 2.05) is 6.07 Å². The Morgan fingerprint density at radius 1 is 1.04 bits per heavy atom. The molecule has 2 aromatic carbocycles. The number of hydrogen-bond donors (Lipinski definition) is 0. The molecule has 1 heterocycles. The normalized spacial score (nSPS) is 11.3. The van der Waals surface area contributed by atoms with E-state index in [1.54, 1.807) is 24.3 Å². The number of aromatic nitrogens is 4. The highest BCUT2D eigenvalue weighted by Gasteiger charge is 2.30.